The van der Waals surface area contributed by atoms with Crippen LogP contribution in [0.1, 0.15) is 6.42 Å². The van der Waals surface area contributed by atoms with E-state index in [2.05, 4.69) is 4.72 Å². The first kappa shape index (κ1) is 15.7. The number of para-hydroxylation sites is 1. The molecule has 0 radical (unpaired) electrons. The molecule has 1 saturated carbocycles. The highest BCUT2D eigenvalue weighted by molar-refractivity contribution is 7.89. The molecule has 3 N–H and O–H groups in total. The number of hydrogen-bond acceptors (Lipinski definition) is 5. The summed E-state index contributed by atoms with van der Waals surface area (Å²) < 4.78 is 50.7. The fourth-order valence-corrected chi connectivity index (χ4v) is 4.11. The van der Waals surface area contributed by atoms with E-state index in [1.54, 1.807) is 6.07 Å². The zero-order valence-electron chi connectivity index (χ0n) is 11.9. The van der Waals surface area contributed by atoms with Crippen molar-refractivity contribution in [1.82, 2.24) is 4.72 Å². The largest absolute Gasteiger partial charge is 0.489 e. The monoisotopic (exact) mass is 330 g/mol. The minimum absolute atomic E-state index is 0.0391. The van der Waals surface area contributed by atoms with E-state index < -0.39 is 15.8 Å². The summed E-state index contributed by atoms with van der Waals surface area (Å²) in [5.41, 5.74) is 5.97. The molecule has 2 fully saturated rings. The van der Waals surface area contributed by atoms with Crippen molar-refractivity contribution in [2.75, 3.05) is 19.0 Å². The Morgan fingerprint density at radius 2 is 2.18 bits per heavy atom. The Kier molecular flexibility index (Phi) is 4.35. The molecule has 0 spiro atoms. The number of fused-ring (bicyclic) bond motifs is 1. The molecule has 1 aliphatic heterocycles. The number of nitrogens with two attached hydrogens (primary N) is 1. The Balaban J connectivity index is 1.50. The van der Waals surface area contributed by atoms with E-state index in [-0.39, 0.29) is 42.2 Å². The van der Waals surface area contributed by atoms with Crippen LogP contribution >= 0.6 is 0 Å². The lowest BCUT2D eigenvalue weighted by atomic mass is 9.73. The lowest BCUT2D eigenvalue weighted by molar-refractivity contribution is -0.00926. The third-order valence-corrected chi connectivity index (χ3v) is 5.54. The van der Waals surface area contributed by atoms with E-state index in [0.29, 0.717) is 6.61 Å². The smallest absolute Gasteiger partial charge is 0.215 e. The summed E-state index contributed by atoms with van der Waals surface area (Å²) in [6.45, 7) is 0.491. The van der Waals surface area contributed by atoms with Crippen molar-refractivity contribution in [1.29, 1.82) is 0 Å². The van der Waals surface area contributed by atoms with Crippen LogP contribution in [0.5, 0.6) is 5.75 Å². The van der Waals surface area contributed by atoms with Crippen LogP contribution in [-0.2, 0) is 14.8 Å². The van der Waals surface area contributed by atoms with E-state index in [9.17, 15) is 12.8 Å². The molecule has 0 unspecified atom stereocenters. The van der Waals surface area contributed by atoms with E-state index in [4.69, 9.17) is 15.2 Å². The summed E-state index contributed by atoms with van der Waals surface area (Å²) >= 11 is 0. The van der Waals surface area contributed by atoms with Crippen LogP contribution in [0.3, 0.4) is 0 Å². The van der Waals surface area contributed by atoms with Gasteiger partial charge in [0.2, 0.25) is 10.0 Å². The maximum Gasteiger partial charge on any atom is 0.215 e. The van der Waals surface area contributed by atoms with Gasteiger partial charge in [-0.2, -0.15) is 0 Å². The minimum Gasteiger partial charge on any atom is -0.489 e. The Morgan fingerprint density at radius 3 is 2.95 bits per heavy atom. The predicted molar refractivity (Wildman–Crippen MR) is 78.4 cm³/mol. The number of rotatable bonds is 6. The van der Waals surface area contributed by atoms with Crippen molar-refractivity contribution in [3.8, 4) is 5.75 Å². The Hall–Kier alpha value is -1.22. The molecular formula is C14H19FN2O4S. The van der Waals surface area contributed by atoms with Crippen LogP contribution in [0.2, 0.25) is 0 Å². The molecule has 6 nitrogen and oxygen atoms in total. The number of sulfonamides is 1. The molecule has 122 valence electrons. The summed E-state index contributed by atoms with van der Waals surface area (Å²) in [5.74, 6) is -0.502. The summed E-state index contributed by atoms with van der Waals surface area (Å²) in [7, 11) is -3.55. The van der Waals surface area contributed by atoms with Crippen LogP contribution < -0.4 is 15.2 Å². The van der Waals surface area contributed by atoms with Crippen LogP contribution in [0.4, 0.5) is 4.39 Å². The Labute approximate surface area is 128 Å². The van der Waals surface area contributed by atoms with Gasteiger partial charge in [-0.3, -0.25) is 0 Å². The van der Waals surface area contributed by atoms with Crippen molar-refractivity contribution in [3.63, 3.8) is 0 Å². The van der Waals surface area contributed by atoms with Gasteiger partial charge in [0.1, 0.15) is 6.61 Å². The number of hydrogen-bond donors (Lipinski definition) is 2. The molecule has 1 heterocycles. The van der Waals surface area contributed by atoms with Gasteiger partial charge in [-0.25, -0.2) is 17.5 Å². The highest BCUT2D eigenvalue weighted by atomic mass is 32.2. The molecule has 3 rings (SSSR count). The maximum atomic E-state index is 13.4. The molecule has 0 amide bonds. The van der Waals surface area contributed by atoms with Gasteiger partial charge in [-0.1, -0.05) is 12.1 Å². The molecule has 2 aliphatic rings. The van der Waals surface area contributed by atoms with E-state index >= 15 is 0 Å². The van der Waals surface area contributed by atoms with Gasteiger partial charge in [-0.05, 0) is 18.6 Å². The third kappa shape index (κ3) is 3.10. The molecule has 1 aromatic carbocycles. The SMILES string of the molecule is N[C@H]1[C@H]2CCO[C@H]2[C@@H]1NS(=O)(=O)CCOc1ccccc1F. The van der Waals surface area contributed by atoms with Gasteiger partial charge in [-0.15, -0.1) is 0 Å². The summed E-state index contributed by atoms with van der Waals surface area (Å²) in [4.78, 5) is 0. The Morgan fingerprint density at radius 1 is 1.41 bits per heavy atom. The molecule has 0 aromatic heterocycles. The zero-order chi connectivity index (χ0) is 15.7. The van der Waals surface area contributed by atoms with Gasteiger partial charge < -0.3 is 15.2 Å². The van der Waals surface area contributed by atoms with Crippen LogP contribution in [0, 0.1) is 11.7 Å². The third-order valence-electron chi connectivity index (χ3n) is 4.21. The second-order valence-corrected chi connectivity index (χ2v) is 7.48. The highest BCUT2D eigenvalue weighted by Crippen LogP contribution is 2.38. The normalized spacial score (nSPS) is 30.6. The van der Waals surface area contributed by atoms with E-state index in [1.165, 1.54) is 18.2 Å². The quantitative estimate of drug-likeness (QED) is 0.780. The molecular weight excluding hydrogens is 311 g/mol. The number of ether oxygens (including phenoxy) is 2. The van der Waals surface area contributed by atoms with Crippen LogP contribution in [-0.4, -0.2) is 45.6 Å². The zero-order valence-corrected chi connectivity index (χ0v) is 12.8. The van der Waals surface area contributed by atoms with Crippen molar-refractivity contribution >= 4 is 10.0 Å². The first-order chi connectivity index (χ1) is 10.5. The molecule has 1 aliphatic carbocycles. The second-order valence-electron chi connectivity index (χ2n) is 5.61. The molecule has 0 bridgehead atoms. The topological polar surface area (TPSA) is 90.6 Å². The molecule has 1 saturated heterocycles. The summed E-state index contributed by atoms with van der Waals surface area (Å²) in [5, 5.41) is 0. The first-order valence-corrected chi connectivity index (χ1v) is 8.88. The standard InChI is InChI=1S/C14H19FN2O4S/c15-10-3-1-2-4-11(10)20-7-8-22(18,19)17-13-12(16)9-5-6-21-14(9)13/h1-4,9,12-14,17H,5-8,16H2/t9-,12+,13-,14-/m1/s1. The van der Waals surface area contributed by atoms with Crippen LogP contribution in [0.25, 0.3) is 0 Å². The maximum absolute atomic E-state index is 13.4. The van der Waals surface area contributed by atoms with Gasteiger partial charge >= 0.3 is 0 Å². The van der Waals surface area contributed by atoms with E-state index in [0.717, 1.165) is 6.42 Å². The molecule has 1 aromatic rings. The van der Waals surface area contributed by atoms with Gasteiger partial charge in [0, 0.05) is 18.6 Å². The average molecular weight is 330 g/mol. The van der Waals surface area contributed by atoms with Gasteiger partial charge in [0.05, 0.1) is 17.9 Å². The highest BCUT2D eigenvalue weighted by Gasteiger charge is 2.53. The molecule has 8 heteroatoms. The number of nitrogens with one attached hydrogen (secondary N) is 1. The van der Waals surface area contributed by atoms with Crippen molar-refractivity contribution in [2.24, 2.45) is 11.7 Å². The second kappa shape index (κ2) is 6.11. The lowest BCUT2D eigenvalue weighted by Crippen LogP contribution is -2.69. The van der Waals surface area contributed by atoms with Crippen molar-refractivity contribution in [3.05, 3.63) is 30.1 Å². The first-order valence-electron chi connectivity index (χ1n) is 7.22. The van der Waals surface area contributed by atoms with Crippen LogP contribution in [0.15, 0.2) is 24.3 Å². The fourth-order valence-electron chi connectivity index (χ4n) is 2.98. The predicted octanol–water partition coefficient (Wildman–Crippen LogP) is 0.239. The minimum atomic E-state index is -3.55. The lowest BCUT2D eigenvalue weighted by Gasteiger charge is -2.45. The van der Waals surface area contributed by atoms with Gasteiger partial charge in [0.25, 0.3) is 0 Å². The van der Waals surface area contributed by atoms with Crippen molar-refractivity contribution in [2.45, 2.75) is 24.6 Å². The van der Waals surface area contributed by atoms with Crippen molar-refractivity contribution < 1.29 is 22.3 Å². The fraction of sp³-hybridized carbons (Fsp3) is 0.571. The molecule has 22 heavy (non-hydrogen) atoms. The Bertz CT molecular complexity index is 639. The average Bonchev–Trinajstić information content (AvgIpc) is 2.92. The van der Waals surface area contributed by atoms with Gasteiger partial charge in [0.15, 0.2) is 11.6 Å². The summed E-state index contributed by atoms with van der Waals surface area (Å²) in [6, 6.07) is 5.27. The van der Waals surface area contributed by atoms with E-state index in [1.807, 2.05) is 0 Å². The summed E-state index contributed by atoms with van der Waals surface area (Å²) in [6.07, 6.45) is 0.748. The number of benzene rings is 1. The number of halogens is 1. The molecule has 4 atom stereocenters.